The molecule has 60 valence electrons. The fourth-order valence-corrected chi connectivity index (χ4v) is 3.24. The Balaban J connectivity index is 3.03. The van der Waals surface area contributed by atoms with E-state index in [0.29, 0.717) is 0 Å². The van der Waals surface area contributed by atoms with Gasteiger partial charge in [-0.15, -0.1) is 0 Å². The lowest BCUT2D eigenvalue weighted by Crippen LogP contribution is -1.89. The van der Waals surface area contributed by atoms with E-state index in [0.717, 1.165) is 13.1 Å². The average molecular weight is 344 g/mol. The standard InChI is InChI=1S/C7H7BrINS/c8-6-3-1-2-4-7(6)11(10)5-9/h1-4,10H,5H2. The van der Waals surface area contributed by atoms with Gasteiger partial charge in [-0.1, -0.05) is 45.4 Å². The number of hydrogen-bond donors (Lipinski definition) is 1. The smallest absolute Gasteiger partial charge is 0.0605 e. The zero-order valence-corrected chi connectivity index (χ0v) is 10.2. The minimum atomic E-state index is -0.362. The van der Waals surface area contributed by atoms with Crippen molar-refractivity contribution < 1.29 is 0 Å². The van der Waals surface area contributed by atoms with Crippen molar-refractivity contribution in [1.82, 2.24) is 0 Å². The molecule has 0 amide bonds. The van der Waals surface area contributed by atoms with Gasteiger partial charge in [0.25, 0.3) is 0 Å². The van der Waals surface area contributed by atoms with Crippen LogP contribution in [0.1, 0.15) is 0 Å². The Labute approximate surface area is 90.7 Å². The quantitative estimate of drug-likeness (QED) is 0.627. The third-order valence-corrected chi connectivity index (χ3v) is 5.14. The highest BCUT2D eigenvalue weighted by molar-refractivity contribution is 14.1. The summed E-state index contributed by atoms with van der Waals surface area (Å²) >= 11 is 5.66. The maximum atomic E-state index is 7.69. The van der Waals surface area contributed by atoms with Crippen LogP contribution in [-0.2, 0) is 10.7 Å². The molecule has 1 atom stereocenters. The van der Waals surface area contributed by atoms with E-state index in [9.17, 15) is 0 Å². The number of hydrogen-bond acceptors (Lipinski definition) is 1. The van der Waals surface area contributed by atoms with E-state index >= 15 is 0 Å². The molecule has 1 unspecified atom stereocenters. The van der Waals surface area contributed by atoms with Gasteiger partial charge in [0, 0.05) is 9.37 Å². The highest BCUT2D eigenvalue weighted by Crippen LogP contribution is 2.20. The second kappa shape index (κ2) is 4.57. The first kappa shape index (κ1) is 9.67. The molecule has 1 rings (SSSR count). The molecular formula is C7H7BrINS. The summed E-state index contributed by atoms with van der Waals surface area (Å²) in [7, 11) is -0.362. The Morgan fingerprint density at radius 3 is 2.64 bits per heavy atom. The van der Waals surface area contributed by atoms with Crippen molar-refractivity contribution in [3.05, 3.63) is 28.7 Å². The third kappa shape index (κ3) is 2.52. The minimum Gasteiger partial charge on any atom is -0.275 e. The predicted octanol–water partition coefficient (Wildman–Crippen LogP) is 3.58. The van der Waals surface area contributed by atoms with Crippen molar-refractivity contribution in [3.63, 3.8) is 0 Å². The van der Waals surface area contributed by atoms with Crippen LogP contribution in [0.25, 0.3) is 0 Å². The van der Waals surface area contributed by atoms with Gasteiger partial charge in [0.15, 0.2) is 0 Å². The Morgan fingerprint density at radius 2 is 2.09 bits per heavy atom. The van der Waals surface area contributed by atoms with Crippen LogP contribution in [0.4, 0.5) is 0 Å². The van der Waals surface area contributed by atoms with E-state index in [1.807, 2.05) is 24.3 Å². The molecule has 0 bridgehead atoms. The molecule has 1 aromatic rings. The summed E-state index contributed by atoms with van der Waals surface area (Å²) in [6.45, 7) is 0. The first-order chi connectivity index (χ1) is 5.25. The number of benzene rings is 1. The minimum absolute atomic E-state index is 0.362. The van der Waals surface area contributed by atoms with Crippen molar-refractivity contribution in [2.24, 2.45) is 0 Å². The largest absolute Gasteiger partial charge is 0.275 e. The molecule has 0 aliphatic carbocycles. The molecule has 0 radical (unpaired) electrons. The SMILES string of the molecule is N=S(CI)c1ccccc1Br. The van der Waals surface area contributed by atoms with Gasteiger partial charge < -0.3 is 0 Å². The van der Waals surface area contributed by atoms with Gasteiger partial charge in [0.1, 0.15) is 0 Å². The van der Waals surface area contributed by atoms with Crippen molar-refractivity contribution in [2.45, 2.75) is 4.90 Å². The fourth-order valence-electron chi connectivity index (χ4n) is 0.703. The third-order valence-electron chi connectivity index (χ3n) is 1.21. The van der Waals surface area contributed by atoms with Crippen molar-refractivity contribution in [3.8, 4) is 0 Å². The molecule has 1 N–H and O–H groups in total. The molecule has 1 aromatic carbocycles. The van der Waals surface area contributed by atoms with Gasteiger partial charge in [-0.3, -0.25) is 4.78 Å². The maximum absolute atomic E-state index is 7.69. The van der Waals surface area contributed by atoms with Crippen molar-refractivity contribution in [2.75, 3.05) is 3.76 Å². The molecule has 0 saturated heterocycles. The van der Waals surface area contributed by atoms with Gasteiger partial charge in [-0.2, -0.15) is 0 Å². The number of nitrogens with one attached hydrogen (secondary N) is 1. The molecule has 0 aliphatic rings. The normalized spacial score (nSPS) is 12.9. The van der Waals surface area contributed by atoms with Crippen LogP contribution in [0.15, 0.2) is 33.6 Å². The monoisotopic (exact) mass is 343 g/mol. The van der Waals surface area contributed by atoms with E-state index in [1.165, 1.54) is 0 Å². The Kier molecular flexibility index (Phi) is 4.01. The Hall–Kier alpha value is 0.580. The second-order valence-corrected chi connectivity index (χ2v) is 6.09. The molecule has 0 heterocycles. The van der Waals surface area contributed by atoms with E-state index in [-0.39, 0.29) is 10.7 Å². The second-order valence-electron chi connectivity index (χ2n) is 1.93. The first-order valence-electron chi connectivity index (χ1n) is 2.98. The van der Waals surface area contributed by atoms with Crippen LogP contribution in [0.5, 0.6) is 0 Å². The van der Waals surface area contributed by atoms with E-state index in [4.69, 9.17) is 4.78 Å². The number of halogens is 2. The average Bonchev–Trinajstić information content (AvgIpc) is 2.04. The van der Waals surface area contributed by atoms with E-state index in [1.54, 1.807) is 0 Å². The van der Waals surface area contributed by atoms with Crippen molar-refractivity contribution >= 4 is 49.2 Å². The van der Waals surface area contributed by atoms with E-state index in [2.05, 4.69) is 38.5 Å². The highest BCUT2D eigenvalue weighted by Gasteiger charge is 2.00. The van der Waals surface area contributed by atoms with Crippen LogP contribution < -0.4 is 0 Å². The van der Waals surface area contributed by atoms with Gasteiger partial charge >= 0.3 is 0 Å². The Bertz CT molecular complexity index is 277. The van der Waals surface area contributed by atoms with Gasteiger partial charge in [-0.05, 0) is 28.1 Å². The molecule has 11 heavy (non-hydrogen) atoms. The highest BCUT2D eigenvalue weighted by atomic mass is 127. The van der Waals surface area contributed by atoms with E-state index < -0.39 is 0 Å². The summed E-state index contributed by atoms with van der Waals surface area (Å²) in [6.07, 6.45) is 0. The van der Waals surface area contributed by atoms with Gasteiger partial charge in [0.05, 0.1) is 3.76 Å². The lowest BCUT2D eigenvalue weighted by molar-refractivity contribution is 1.38. The molecule has 0 aliphatic heterocycles. The molecule has 0 aromatic heterocycles. The van der Waals surface area contributed by atoms with Crippen LogP contribution in [0.2, 0.25) is 0 Å². The Morgan fingerprint density at radius 1 is 1.45 bits per heavy atom. The topological polar surface area (TPSA) is 23.9 Å². The maximum Gasteiger partial charge on any atom is 0.0605 e. The van der Waals surface area contributed by atoms with Gasteiger partial charge in [0.2, 0.25) is 0 Å². The summed E-state index contributed by atoms with van der Waals surface area (Å²) in [5.74, 6) is 0. The zero-order chi connectivity index (χ0) is 8.27. The summed E-state index contributed by atoms with van der Waals surface area (Å²) in [5.41, 5.74) is 0. The summed E-state index contributed by atoms with van der Waals surface area (Å²) < 4.78 is 9.61. The molecule has 1 nitrogen and oxygen atoms in total. The number of rotatable bonds is 2. The van der Waals surface area contributed by atoms with Crippen molar-refractivity contribution in [1.29, 1.82) is 4.78 Å². The summed E-state index contributed by atoms with van der Waals surface area (Å²) in [4.78, 5) is 1.10. The van der Waals surface area contributed by atoms with Gasteiger partial charge in [-0.25, -0.2) is 0 Å². The summed E-state index contributed by atoms with van der Waals surface area (Å²) in [6, 6.07) is 7.92. The molecule has 0 fully saturated rings. The van der Waals surface area contributed by atoms with Crippen LogP contribution in [0.3, 0.4) is 0 Å². The molecule has 0 spiro atoms. The molecular weight excluding hydrogens is 337 g/mol. The lowest BCUT2D eigenvalue weighted by atomic mass is 10.4. The van der Waals surface area contributed by atoms with Crippen LogP contribution in [-0.4, -0.2) is 3.76 Å². The molecule has 0 saturated carbocycles. The predicted molar refractivity (Wildman–Crippen MR) is 61.4 cm³/mol. The first-order valence-corrected chi connectivity index (χ1v) is 6.69. The number of alkyl halides is 1. The van der Waals surface area contributed by atoms with Crippen LogP contribution >= 0.6 is 38.5 Å². The molecule has 4 heteroatoms. The lowest BCUT2D eigenvalue weighted by Gasteiger charge is -2.02. The van der Waals surface area contributed by atoms with Crippen LogP contribution in [0, 0.1) is 4.78 Å². The zero-order valence-electron chi connectivity index (χ0n) is 5.68. The fraction of sp³-hybridized carbons (Fsp3) is 0.143. The summed E-state index contributed by atoms with van der Waals surface area (Å²) in [5, 5.41) is 0.